The SMILES string of the molecule is CC(C)c1ccccc1-c1ccc(OCS)cc1. The van der Waals surface area contributed by atoms with E-state index in [2.05, 4.69) is 62.9 Å². The minimum atomic E-state index is 0.405. The highest BCUT2D eigenvalue weighted by atomic mass is 32.1. The lowest BCUT2D eigenvalue weighted by molar-refractivity contribution is 0.395. The first kappa shape index (κ1) is 13.0. The highest BCUT2D eigenvalue weighted by molar-refractivity contribution is 7.80. The van der Waals surface area contributed by atoms with Crippen LogP contribution < -0.4 is 4.74 Å². The number of thiol groups is 1. The number of rotatable bonds is 4. The van der Waals surface area contributed by atoms with Crippen LogP contribution in [0.5, 0.6) is 5.75 Å². The highest BCUT2D eigenvalue weighted by Crippen LogP contribution is 2.30. The second kappa shape index (κ2) is 5.96. The molecule has 1 nitrogen and oxygen atoms in total. The zero-order valence-corrected chi connectivity index (χ0v) is 11.7. The van der Waals surface area contributed by atoms with E-state index in [0.29, 0.717) is 11.9 Å². The highest BCUT2D eigenvalue weighted by Gasteiger charge is 2.07. The Labute approximate surface area is 114 Å². The number of hydrogen-bond donors (Lipinski definition) is 1. The minimum Gasteiger partial charge on any atom is -0.483 e. The van der Waals surface area contributed by atoms with Crippen molar-refractivity contribution < 1.29 is 4.74 Å². The van der Waals surface area contributed by atoms with E-state index in [9.17, 15) is 0 Å². The van der Waals surface area contributed by atoms with E-state index in [1.165, 1.54) is 16.7 Å². The summed E-state index contributed by atoms with van der Waals surface area (Å²) in [7, 11) is 0. The molecule has 2 rings (SSSR count). The standard InChI is InChI=1S/C16H18OS/c1-12(2)15-5-3-4-6-16(15)13-7-9-14(10-8-13)17-11-18/h3-10,12,18H,11H2,1-2H3. The van der Waals surface area contributed by atoms with E-state index in [1.807, 2.05) is 12.1 Å². The molecule has 0 saturated heterocycles. The Morgan fingerprint density at radius 1 is 1.00 bits per heavy atom. The number of ether oxygens (including phenoxy) is 1. The van der Waals surface area contributed by atoms with Crippen molar-refractivity contribution in [2.75, 3.05) is 5.94 Å². The third-order valence-corrected chi connectivity index (χ3v) is 3.11. The fourth-order valence-electron chi connectivity index (χ4n) is 2.07. The van der Waals surface area contributed by atoms with Gasteiger partial charge in [0, 0.05) is 0 Å². The molecule has 0 aliphatic carbocycles. The van der Waals surface area contributed by atoms with Crippen LogP contribution in [-0.4, -0.2) is 5.94 Å². The summed E-state index contributed by atoms with van der Waals surface area (Å²) in [5.41, 5.74) is 3.90. The van der Waals surface area contributed by atoms with Crippen molar-refractivity contribution in [1.29, 1.82) is 0 Å². The van der Waals surface area contributed by atoms with Crippen molar-refractivity contribution in [3.8, 4) is 16.9 Å². The zero-order valence-electron chi connectivity index (χ0n) is 10.8. The van der Waals surface area contributed by atoms with Crippen LogP contribution in [0.2, 0.25) is 0 Å². The molecule has 18 heavy (non-hydrogen) atoms. The maximum Gasteiger partial charge on any atom is 0.131 e. The van der Waals surface area contributed by atoms with Gasteiger partial charge in [0.15, 0.2) is 0 Å². The molecule has 0 N–H and O–H groups in total. The average molecular weight is 258 g/mol. The Bertz CT molecular complexity index is 503. The van der Waals surface area contributed by atoms with Crippen molar-refractivity contribution in [1.82, 2.24) is 0 Å². The molecule has 2 aromatic carbocycles. The Balaban J connectivity index is 2.36. The Kier molecular flexibility index (Phi) is 4.32. The Morgan fingerprint density at radius 3 is 2.28 bits per heavy atom. The van der Waals surface area contributed by atoms with E-state index >= 15 is 0 Å². The fourth-order valence-corrected chi connectivity index (χ4v) is 2.22. The molecular weight excluding hydrogens is 240 g/mol. The van der Waals surface area contributed by atoms with Gasteiger partial charge < -0.3 is 4.74 Å². The van der Waals surface area contributed by atoms with Gasteiger partial charge in [-0.25, -0.2) is 0 Å². The van der Waals surface area contributed by atoms with Crippen LogP contribution in [0, 0.1) is 0 Å². The number of benzene rings is 2. The summed E-state index contributed by atoms with van der Waals surface area (Å²) in [5.74, 6) is 1.78. The molecule has 2 heteroatoms. The third-order valence-electron chi connectivity index (χ3n) is 2.98. The summed E-state index contributed by atoms with van der Waals surface area (Å²) in [4.78, 5) is 0. The van der Waals surface area contributed by atoms with E-state index < -0.39 is 0 Å². The van der Waals surface area contributed by atoms with Gasteiger partial charge in [-0.1, -0.05) is 50.2 Å². The largest absolute Gasteiger partial charge is 0.483 e. The first-order valence-electron chi connectivity index (χ1n) is 6.15. The summed E-state index contributed by atoms with van der Waals surface area (Å²) >= 11 is 4.05. The predicted molar refractivity (Wildman–Crippen MR) is 80.4 cm³/mol. The van der Waals surface area contributed by atoms with Crippen LogP contribution in [-0.2, 0) is 0 Å². The molecule has 0 aliphatic rings. The van der Waals surface area contributed by atoms with Crippen LogP contribution in [0.4, 0.5) is 0 Å². The normalized spacial score (nSPS) is 10.7. The van der Waals surface area contributed by atoms with E-state index in [0.717, 1.165) is 5.75 Å². The van der Waals surface area contributed by atoms with E-state index in [4.69, 9.17) is 4.74 Å². The van der Waals surface area contributed by atoms with Crippen molar-refractivity contribution >= 4 is 12.6 Å². The van der Waals surface area contributed by atoms with Gasteiger partial charge in [-0.3, -0.25) is 0 Å². The summed E-state index contributed by atoms with van der Waals surface area (Å²) in [6.45, 7) is 4.44. The van der Waals surface area contributed by atoms with E-state index in [-0.39, 0.29) is 0 Å². The summed E-state index contributed by atoms with van der Waals surface area (Å²) in [6, 6.07) is 16.7. The lowest BCUT2D eigenvalue weighted by atomic mass is 9.93. The molecule has 94 valence electrons. The number of hydrogen-bond acceptors (Lipinski definition) is 2. The van der Waals surface area contributed by atoms with Crippen LogP contribution in [0.25, 0.3) is 11.1 Å². The van der Waals surface area contributed by atoms with Crippen molar-refractivity contribution in [3.63, 3.8) is 0 Å². The Morgan fingerprint density at radius 2 is 1.67 bits per heavy atom. The molecule has 0 fully saturated rings. The molecule has 2 aromatic rings. The molecule has 0 bridgehead atoms. The first-order valence-corrected chi connectivity index (χ1v) is 6.78. The van der Waals surface area contributed by atoms with Crippen molar-refractivity contribution in [2.24, 2.45) is 0 Å². The molecule has 0 aliphatic heterocycles. The summed E-state index contributed by atoms with van der Waals surface area (Å²) < 4.78 is 5.34. The molecular formula is C16H18OS. The van der Waals surface area contributed by atoms with Gasteiger partial charge >= 0.3 is 0 Å². The van der Waals surface area contributed by atoms with E-state index in [1.54, 1.807) is 0 Å². The molecule has 0 radical (unpaired) electrons. The molecule has 0 amide bonds. The second-order valence-corrected chi connectivity index (χ2v) is 4.80. The lowest BCUT2D eigenvalue weighted by Crippen LogP contribution is -1.92. The van der Waals surface area contributed by atoms with Crippen molar-refractivity contribution in [3.05, 3.63) is 54.1 Å². The summed E-state index contributed by atoms with van der Waals surface area (Å²) in [5, 5.41) is 0. The van der Waals surface area contributed by atoms with Crippen LogP contribution in [0.15, 0.2) is 48.5 Å². The smallest absolute Gasteiger partial charge is 0.131 e. The van der Waals surface area contributed by atoms with Gasteiger partial charge in [-0.15, -0.1) is 12.6 Å². The molecule has 0 aromatic heterocycles. The zero-order chi connectivity index (χ0) is 13.0. The molecule has 0 heterocycles. The van der Waals surface area contributed by atoms with Gasteiger partial charge in [0.25, 0.3) is 0 Å². The van der Waals surface area contributed by atoms with Gasteiger partial charge in [0.05, 0.1) is 0 Å². The van der Waals surface area contributed by atoms with Gasteiger partial charge in [-0.05, 0) is 34.7 Å². The molecule has 0 atom stereocenters. The molecule has 0 saturated carbocycles. The van der Waals surface area contributed by atoms with Crippen LogP contribution in [0.3, 0.4) is 0 Å². The van der Waals surface area contributed by atoms with Gasteiger partial charge in [-0.2, -0.15) is 0 Å². The Hall–Kier alpha value is -1.41. The van der Waals surface area contributed by atoms with Gasteiger partial charge in [0.2, 0.25) is 0 Å². The summed E-state index contributed by atoms with van der Waals surface area (Å²) in [6.07, 6.45) is 0. The second-order valence-electron chi connectivity index (χ2n) is 4.54. The molecule has 0 unspecified atom stereocenters. The minimum absolute atomic E-state index is 0.405. The average Bonchev–Trinajstić information content (AvgIpc) is 2.40. The quantitative estimate of drug-likeness (QED) is 0.615. The fraction of sp³-hybridized carbons (Fsp3) is 0.250. The maximum atomic E-state index is 5.34. The van der Waals surface area contributed by atoms with Gasteiger partial charge in [0.1, 0.15) is 11.7 Å². The van der Waals surface area contributed by atoms with Crippen LogP contribution in [0.1, 0.15) is 25.3 Å². The predicted octanol–water partition coefficient (Wildman–Crippen LogP) is 4.74. The monoisotopic (exact) mass is 258 g/mol. The lowest BCUT2D eigenvalue weighted by Gasteiger charge is -2.13. The first-order chi connectivity index (χ1) is 8.72. The maximum absolute atomic E-state index is 5.34. The van der Waals surface area contributed by atoms with Crippen molar-refractivity contribution in [2.45, 2.75) is 19.8 Å². The van der Waals surface area contributed by atoms with Crippen LogP contribution >= 0.6 is 12.6 Å². The third kappa shape index (κ3) is 2.88. The topological polar surface area (TPSA) is 9.23 Å². The molecule has 0 spiro atoms.